The molecule has 0 radical (unpaired) electrons. The Hall–Kier alpha value is -3.48. The molecule has 1 aliphatic carbocycles. The second-order valence-electron chi connectivity index (χ2n) is 7.79. The molecule has 1 saturated carbocycles. The van der Waals surface area contributed by atoms with Gasteiger partial charge in [-0.3, -0.25) is 4.79 Å². The minimum absolute atomic E-state index is 0.0331. The zero-order valence-electron chi connectivity index (χ0n) is 16.8. The van der Waals surface area contributed by atoms with Crippen molar-refractivity contribution in [1.29, 1.82) is 0 Å². The van der Waals surface area contributed by atoms with Crippen LogP contribution < -0.4 is 14.8 Å². The van der Waals surface area contributed by atoms with E-state index in [1.807, 2.05) is 36.4 Å². The molecule has 5 nitrogen and oxygen atoms in total. The van der Waals surface area contributed by atoms with Crippen molar-refractivity contribution in [2.75, 3.05) is 5.32 Å². The van der Waals surface area contributed by atoms with Crippen LogP contribution in [0, 0.1) is 0 Å². The number of hydrogen-bond acceptors (Lipinski definition) is 4. The van der Waals surface area contributed by atoms with E-state index in [0.29, 0.717) is 24.2 Å². The molecule has 0 spiro atoms. The minimum atomic E-state index is -3.68. The van der Waals surface area contributed by atoms with Crippen LogP contribution in [0.4, 0.5) is 14.6 Å². The number of halogens is 2. The number of amides is 1. The molecule has 0 saturated heterocycles. The molecule has 31 heavy (non-hydrogen) atoms. The van der Waals surface area contributed by atoms with Crippen molar-refractivity contribution >= 4 is 11.7 Å². The zero-order valence-corrected chi connectivity index (χ0v) is 16.8. The van der Waals surface area contributed by atoms with Crippen molar-refractivity contribution in [2.24, 2.45) is 0 Å². The van der Waals surface area contributed by atoms with Crippen LogP contribution in [0.15, 0.2) is 60.7 Å². The fraction of sp³-hybridized carbons (Fsp3) is 0.250. The molecule has 5 rings (SSSR count). The largest absolute Gasteiger partial charge is 0.586 e. The SMILES string of the molecule is CCc1ccc(NC(=O)C2(c3ccc4c(c3)OC(F)(F)O4)CC2)nc1-c1ccccc1. The highest BCUT2D eigenvalue weighted by atomic mass is 19.3. The van der Waals surface area contributed by atoms with Gasteiger partial charge < -0.3 is 14.8 Å². The molecule has 7 heteroatoms. The van der Waals surface area contributed by atoms with Crippen molar-refractivity contribution < 1.29 is 23.0 Å². The van der Waals surface area contributed by atoms with Crippen molar-refractivity contribution in [1.82, 2.24) is 4.98 Å². The lowest BCUT2D eigenvalue weighted by Gasteiger charge is -2.17. The quantitative estimate of drug-likeness (QED) is 0.606. The van der Waals surface area contributed by atoms with Crippen molar-refractivity contribution in [3.63, 3.8) is 0 Å². The number of aromatic nitrogens is 1. The smallest absolute Gasteiger partial charge is 0.395 e. The summed E-state index contributed by atoms with van der Waals surface area (Å²) in [7, 11) is 0. The van der Waals surface area contributed by atoms with E-state index >= 15 is 0 Å². The Bertz CT molecular complexity index is 1160. The number of alkyl halides is 2. The van der Waals surface area contributed by atoms with Gasteiger partial charge in [0.25, 0.3) is 0 Å². The molecule has 2 heterocycles. The Morgan fingerprint density at radius 3 is 2.48 bits per heavy atom. The summed E-state index contributed by atoms with van der Waals surface area (Å²) in [6, 6.07) is 18.1. The maximum atomic E-state index is 13.3. The molecule has 0 unspecified atom stereocenters. The third kappa shape index (κ3) is 3.50. The Labute approximate surface area is 178 Å². The van der Waals surface area contributed by atoms with E-state index in [1.165, 1.54) is 12.1 Å². The average Bonchev–Trinajstić information content (AvgIpc) is 3.51. The predicted octanol–water partition coefficient (Wildman–Crippen LogP) is 5.30. The van der Waals surface area contributed by atoms with E-state index in [1.54, 1.807) is 12.1 Å². The van der Waals surface area contributed by atoms with Gasteiger partial charge in [0.05, 0.1) is 11.1 Å². The number of benzene rings is 2. The Balaban J connectivity index is 1.41. The van der Waals surface area contributed by atoms with Gasteiger partial charge in [-0.15, -0.1) is 8.78 Å². The van der Waals surface area contributed by atoms with E-state index in [2.05, 4.69) is 26.7 Å². The normalized spacial score (nSPS) is 17.3. The van der Waals surface area contributed by atoms with Crippen LogP contribution >= 0.6 is 0 Å². The van der Waals surface area contributed by atoms with Crippen LogP contribution in [0.3, 0.4) is 0 Å². The summed E-state index contributed by atoms with van der Waals surface area (Å²) in [5, 5.41) is 2.92. The number of pyridine rings is 1. The number of rotatable bonds is 5. The topological polar surface area (TPSA) is 60.5 Å². The second-order valence-corrected chi connectivity index (χ2v) is 7.79. The highest BCUT2D eigenvalue weighted by Crippen LogP contribution is 2.52. The number of hydrogen-bond donors (Lipinski definition) is 1. The zero-order chi connectivity index (χ0) is 21.6. The number of carbonyl (C=O) groups excluding carboxylic acids is 1. The predicted molar refractivity (Wildman–Crippen MR) is 111 cm³/mol. The molecule has 0 bridgehead atoms. The third-order valence-corrected chi connectivity index (χ3v) is 5.79. The summed E-state index contributed by atoms with van der Waals surface area (Å²) in [5.41, 5.74) is 2.73. The summed E-state index contributed by atoms with van der Waals surface area (Å²) >= 11 is 0. The van der Waals surface area contributed by atoms with E-state index in [4.69, 9.17) is 0 Å². The van der Waals surface area contributed by atoms with Crippen LogP contribution in [-0.2, 0) is 16.6 Å². The Morgan fingerprint density at radius 1 is 1.03 bits per heavy atom. The first-order valence-corrected chi connectivity index (χ1v) is 10.2. The molecule has 0 atom stereocenters. The monoisotopic (exact) mass is 422 g/mol. The van der Waals surface area contributed by atoms with E-state index in [0.717, 1.165) is 23.2 Å². The molecule has 1 aliphatic heterocycles. The number of anilines is 1. The Morgan fingerprint density at radius 2 is 1.77 bits per heavy atom. The summed E-state index contributed by atoms with van der Waals surface area (Å²) < 4.78 is 35.7. The molecule has 1 fully saturated rings. The first-order valence-electron chi connectivity index (χ1n) is 10.2. The lowest BCUT2D eigenvalue weighted by molar-refractivity contribution is -0.286. The molecular formula is C24H20F2N2O3. The first-order chi connectivity index (χ1) is 14.9. The number of nitrogens with one attached hydrogen (secondary N) is 1. The molecule has 3 aromatic rings. The van der Waals surface area contributed by atoms with Crippen molar-refractivity contribution in [3.05, 3.63) is 71.8 Å². The van der Waals surface area contributed by atoms with Gasteiger partial charge in [0, 0.05) is 5.56 Å². The van der Waals surface area contributed by atoms with Crippen LogP contribution in [0.25, 0.3) is 11.3 Å². The summed E-state index contributed by atoms with van der Waals surface area (Å²) in [4.78, 5) is 17.8. The van der Waals surface area contributed by atoms with Gasteiger partial charge in [-0.05, 0) is 48.6 Å². The maximum Gasteiger partial charge on any atom is 0.586 e. The molecule has 1 amide bonds. The first kappa shape index (κ1) is 19.5. The molecule has 2 aliphatic rings. The number of aryl methyl sites for hydroxylation is 1. The summed E-state index contributed by atoms with van der Waals surface area (Å²) in [6.07, 6.45) is -1.63. The minimum Gasteiger partial charge on any atom is -0.395 e. The van der Waals surface area contributed by atoms with Gasteiger partial charge in [-0.2, -0.15) is 0 Å². The Kier molecular flexibility index (Phi) is 4.43. The van der Waals surface area contributed by atoms with Crippen LogP contribution in [0.2, 0.25) is 0 Å². The van der Waals surface area contributed by atoms with E-state index < -0.39 is 11.7 Å². The van der Waals surface area contributed by atoms with Gasteiger partial charge >= 0.3 is 6.29 Å². The highest BCUT2D eigenvalue weighted by molar-refractivity contribution is 6.01. The van der Waals surface area contributed by atoms with Crippen LogP contribution in [-0.4, -0.2) is 17.2 Å². The number of fused-ring (bicyclic) bond motifs is 1. The molecule has 1 aromatic heterocycles. The fourth-order valence-corrected chi connectivity index (χ4v) is 3.94. The molecule has 158 valence electrons. The van der Waals surface area contributed by atoms with E-state index in [-0.39, 0.29) is 17.4 Å². The lowest BCUT2D eigenvalue weighted by Crippen LogP contribution is -2.28. The molecule has 1 N–H and O–H groups in total. The van der Waals surface area contributed by atoms with Crippen LogP contribution in [0.1, 0.15) is 30.9 Å². The standard InChI is InChI=1S/C24H20F2N2O3/c1-2-15-8-11-20(27-21(15)16-6-4-3-5-7-16)28-22(29)23(12-13-23)17-9-10-18-19(14-17)31-24(25,26)30-18/h3-11,14H,2,12-13H2,1H3,(H,27,28,29). The molecular weight excluding hydrogens is 402 g/mol. The third-order valence-electron chi connectivity index (χ3n) is 5.79. The molecule has 2 aromatic carbocycles. The number of carbonyl (C=O) groups is 1. The summed E-state index contributed by atoms with van der Waals surface area (Å²) in [5.74, 6) is 0.154. The number of ether oxygens (including phenoxy) is 2. The van der Waals surface area contributed by atoms with Crippen LogP contribution in [0.5, 0.6) is 11.5 Å². The average molecular weight is 422 g/mol. The van der Waals surface area contributed by atoms with Crippen molar-refractivity contribution in [2.45, 2.75) is 37.9 Å². The number of nitrogens with zero attached hydrogens (tertiary/aromatic N) is 1. The van der Waals surface area contributed by atoms with Gasteiger partial charge in [0.2, 0.25) is 5.91 Å². The van der Waals surface area contributed by atoms with Gasteiger partial charge in [0.15, 0.2) is 11.5 Å². The lowest BCUT2D eigenvalue weighted by atomic mass is 9.94. The van der Waals surface area contributed by atoms with Gasteiger partial charge in [-0.1, -0.05) is 49.4 Å². The highest BCUT2D eigenvalue weighted by Gasteiger charge is 2.53. The van der Waals surface area contributed by atoms with E-state index in [9.17, 15) is 13.6 Å². The second kappa shape index (κ2) is 7.04. The van der Waals surface area contributed by atoms with Gasteiger partial charge in [-0.25, -0.2) is 4.98 Å². The van der Waals surface area contributed by atoms with Gasteiger partial charge in [0.1, 0.15) is 5.82 Å². The van der Waals surface area contributed by atoms with Crippen molar-refractivity contribution in [3.8, 4) is 22.8 Å². The summed E-state index contributed by atoms with van der Waals surface area (Å²) in [6.45, 7) is 2.06. The fourth-order valence-electron chi connectivity index (χ4n) is 3.94. The maximum absolute atomic E-state index is 13.3.